The van der Waals surface area contributed by atoms with Crippen LogP contribution in [0, 0.1) is 26.7 Å². The SMILES string of the molecule is Cc1ccccc1[C@@H]1CN(C(=O)Cn2cnc(C)c2C)C[C@H]1C(=O)O. The molecule has 6 nitrogen and oxygen atoms in total. The van der Waals surface area contributed by atoms with Gasteiger partial charge >= 0.3 is 5.97 Å². The molecule has 132 valence electrons. The Morgan fingerprint density at radius 3 is 2.52 bits per heavy atom. The number of rotatable bonds is 4. The molecule has 6 heteroatoms. The number of aryl methyl sites for hydroxylation is 2. The number of likely N-dealkylation sites (tertiary alicyclic amines) is 1. The van der Waals surface area contributed by atoms with Crippen molar-refractivity contribution < 1.29 is 14.7 Å². The lowest BCUT2D eigenvalue weighted by Gasteiger charge is -2.18. The van der Waals surface area contributed by atoms with Crippen LogP contribution in [-0.2, 0) is 16.1 Å². The lowest BCUT2D eigenvalue weighted by Crippen LogP contribution is -2.33. The molecule has 0 bridgehead atoms. The van der Waals surface area contributed by atoms with Crippen molar-refractivity contribution in [3.8, 4) is 0 Å². The third-order valence-electron chi connectivity index (χ3n) is 5.23. The summed E-state index contributed by atoms with van der Waals surface area (Å²) in [7, 11) is 0. The van der Waals surface area contributed by atoms with Crippen molar-refractivity contribution in [3.63, 3.8) is 0 Å². The zero-order valence-corrected chi connectivity index (χ0v) is 14.8. The van der Waals surface area contributed by atoms with E-state index in [1.54, 1.807) is 11.2 Å². The average Bonchev–Trinajstić information content (AvgIpc) is 3.15. The van der Waals surface area contributed by atoms with Crippen LogP contribution in [0.4, 0.5) is 0 Å². The zero-order valence-electron chi connectivity index (χ0n) is 14.8. The highest BCUT2D eigenvalue weighted by Gasteiger charge is 2.40. The highest BCUT2D eigenvalue weighted by molar-refractivity contribution is 5.79. The van der Waals surface area contributed by atoms with Gasteiger partial charge in [-0.25, -0.2) is 4.98 Å². The maximum absolute atomic E-state index is 12.7. The fourth-order valence-electron chi connectivity index (χ4n) is 3.52. The first-order valence-corrected chi connectivity index (χ1v) is 8.43. The van der Waals surface area contributed by atoms with E-state index in [2.05, 4.69) is 4.98 Å². The number of nitrogens with zero attached hydrogens (tertiary/aromatic N) is 3. The van der Waals surface area contributed by atoms with Gasteiger partial charge in [0.05, 0.1) is 17.9 Å². The summed E-state index contributed by atoms with van der Waals surface area (Å²) in [5, 5.41) is 9.62. The molecule has 1 aromatic carbocycles. The average molecular weight is 341 g/mol. The molecule has 1 aromatic heterocycles. The van der Waals surface area contributed by atoms with Crippen LogP contribution in [0.15, 0.2) is 30.6 Å². The minimum atomic E-state index is -0.849. The van der Waals surface area contributed by atoms with E-state index in [4.69, 9.17) is 0 Å². The number of hydrogen-bond acceptors (Lipinski definition) is 3. The van der Waals surface area contributed by atoms with Gasteiger partial charge < -0.3 is 14.6 Å². The molecule has 0 radical (unpaired) electrons. The summed E-state index contributed by atoms with van der Waals surface area (Å²) < 4.78 is 1.81. The summed E-state index contributed by atoms with van der Waals surface area (Å²) in [6, 6.07) is 7.81. The molecule has 0 aliphatic carbocycles. The number of amides is 1. The summed E-state index contributed by atoms with van der Waals surface area (Å²) in [5.41, 5.74) is 3.93. The molecule has 1 amide bonds. The van der Waals surface area contributed by atoms with E-state index in [0.717, 1.165) is 22.5 Å². The van der Waals surface area contributed by atoms with E-state index in [1.807, 2.05) is 49.6 Å². The molecule has 1 aliphatic rings. The summed E-state index contributed by atoms with van der Waals surface area (Å²) in [6.07, 6.45) is 1.66. The van der Waals surface area contributed by atoms with Gasteiger partial charge in [-0.3, -0.25) is 9.59 Å². The van der Waals surface area contributed by atoms with Crippen LogP contribution in [0.3, 0.4) is 0 Å². The molecule has 1 N–H and O–H groups in total. The molecule has 2 atom stereocenters. The van der Waals surface area contributed by atoms with Gasteiger partial charge in [0.2, 0.25) is 5.91 Å². The predicted octanol–water partition coefficient (Wildman–Crippen LogP) is 2.14. The number of carboxylic acid groups (broad SMARTS) is 1. The Balaban J connectivity index is 1.80. The first kappa shape index (κ1) is 17.2. The minimum Gasteiger partial charge on any atom is -0.481 e. The second-order valence-corrected chi connectivity index (χ2v) is 6.75. The Kier molecular flexibility index (Phi) is 4.61. The van der Waals surface area contributed by atoms with Crippen molar-refractivity contribution >= 4 is 11.9 Å². The number of hydrogen-bond donors (Lipinski definition) is 1. The van der Waals surface area contributed by atoms with Crippen molar-refractivity contribution in [1.29, 1.82) is 0 Å². The molecule has 0 spiro atoms. The monoisotopic (exact) mass is 341 g/mol. The first-order valence-electron chi connectivity index (χ1n) is 8.43. The van der Waals surface area contributed by atoms with E-state index in [0.29, 0.717) is 6.54 Å². The number of aromatic nitrogens is 2. The third kappa shape index (κ3) is 3.29. The normalized spacial score (nSPS) is 20.0. The van der Waals surface area contributed by atoms with Crippen LogP contribution >= 0.6 is 0 Å². The number of imidazole rings is 1. The molecule has 0 saturated carbocycles. The standard InChI is InChI=1S/C19H23N3O3/c1-12-6-4-5-7-15(12)16-8-21(9-17(16)19(24)25)18(23)10-22-11-20-13(2)14(22)3/h4-7,11,16-17H,8-10H2,1-3H3,(H,24,25)/t16-,17+/m0/s1. The molecule has 25 heavy (non-hydrogen) atoms. The van der Waals surface area contributed by atoms with Crippen LogP contribution in [-0.4, -0.2) is 44.5 Å². The van der Waals surface area contributed by atoms with Crippen molar-refractivity contribution in [2.45, 2.75) is 33.2 Å². The Bertz CT molecular complexity index is 812. The number of carboxylic acids is 1. The maximum Gasteiger partial charge on any atom is 0.308 e. The summed E-state index contributed by atoms with van der Waals surface area (Å²) in [6.45, 7) is 6.69. The van der Waals surface area contributed by atoms with Gasteiger partial charge in [0.15, 0.2) is 0 Å². The fraction of sp³-hybridized carbons (Fsp3) is 0.421. The molecule has 2 aromatic rings. The molecule has 1 aliphatic heterocycles. The van der Waals surface area contributed by atoms with Crippen LogP contribution in [0.1, 0.15) is 28.4 Å². The summed E-state index contributed by atoms with van der Waals surface area (Å²) in [5.74, 6) is -1.66. The van der Waals surface area contributed by atoms with Crippen molar-refractivity contribution in [2.75, 3.05) is 13.1 Å². The highest BCUT2D eigenvalue weighted by Crippen LogP contribution is 2.34. The first-order chi connectivity index (χ1) is 11.9. The molecular formula is C19H23N3O3. The lowest BCUT2D eigenvalue weighted by atomic mass is 9.86. The Hall–Kier alpha value is -2.63. The molecule has 3 rings (SSSR count). The van der Waals surface area contributed by atoms with E-state index < -0.39 is 11.9 Å². The summed E-state index contributed by atoms with van der Waals surface area (Å²) in [4.78, 5) is 30.3. The predicted molar refractivity (Wildman–Crippen MR) is 93.3 cm³/mol. The second-order valence-electron chi connectivity index (χ2n) is 6.75. The molecule has 1 fully saturated rings. The third-order valence-corrected chi connectivity index (χ3v) is 5.23. The number of carbonyl (C=O) groups is 2. The lowest BCUT2D eigenvalue weighted by molar-refractivity contribution is -0.141. The quantitative estimate of drug-likeness (QED) is 0.924. The number of benzene rings is 1. The topological polar surface area (TPSA) is 75.4 Å². The van der Waals surface area contributed by atoms with Crippen molar-refractivity contribution in [3.05, 3.63) is 53.1 Å². The van der Waals surface area contributed by atoms with Gasteiger partial charge in [-0.15, -0.1) is 0 Å². The van der Waals surface area contributed by atoms with E-state index in [1.165, 1.54) is 0 Å². The number of aliphatic carboxylic acids is 1. The van der Waals surface area contributed by atoms with Crippen LogP contribution in [0.5, 0.6) is 0 Å². The number of carbonyl (C=O) groups excluding carboxylic acids is 1. The smallest absolute Gasteiger partial charge is 0.308 e. The van der Waals surface area contributed by atoms with Crippen LogP contribution in [0.2, 0.25) is 0 Å². The highest BCUT2D eigenvalue weighted by atomic mass is 16.4. The van der Waals surface area contributed by atoms with E-state index >= 15 is 0 Å². The van der Waals surface area contributed by atoms with Gasteiger partial charge in [-0.1, -0.05) is 24.3 Å². The van der Waals surface area contributed by atoms with Gasteiger partial charge in [-0.2, -0.15) is 0 Å². The Morgan fingerprint density at radius 2 is 1.92 bits per heavy atom. The zero-order chi connectivity index (χ0) is 18.1. The van der Waals surface area contributed by atoms with Gasteiger partial charge in [0.25, 0.3) is 0 Å². The Labute approximate surface area is 147 Å². The molecule has 0 unspecified atom stereocenters. The van der Waals surface area contributed by atoms with Gasteiger partial charge in [-0.05, 0) is 31.9 Å². The largest absolute Gasteiger partial charge is 0.481 e. The van der Waals surface area contributed by atoms with Gasteiger partial charge in [0.1, 0.15) is 6.54 Å². The maximum atomic E-state index is 12.7. The van der Waals surface area contributed by atoms with Crippen LogP contribution in [0.25, 0.3) is 0 Å². The molecular weight excluding hydrogens is 318 g/mol. The molecule has 1 saturated heterocycles. The van der Waals surface area contributed by atoms with Gasteiger partial charge in [0, 0.05) is 24.7 Å². The van der Waals surface area contributed by atoms with Crippen LogP contribution < -0.4 is 0 Å². The fourth-order valence-corrected chi connectivity index (χ4v) is 3.52. The second kappa shape index (κ2) is 6.70. The minimum absolute atomic E-state index is 0.0668. The van der Waals surface area contributed by atoms with Crippen molar-refractivity contribution in [2.24, 2.45) is 5.92 Å². The van der Waals surface area contributed by atoms with E-state index in [9.17, 15) is 14.7 Å². The summed E-state index contributed by atoms with van der Waals surface area (Å²) >= 11 is 0. The van der Waals surface area contributed by atoms with E-state index in [-0.39, 0.29) is 24.9 Å². The van der Waals surface area contributed by atoms with Crippen molar-refractivity contribution in [1.82, 2.24) is 14.5 Å². The molecule has 2 heterocycles. The Morgan fingerprint density at radius 1 is 1.20 bits per heavy atom.